The van der Waals surface area contributed by atoms with Gasteiger partial charge in [0.2, 0.25) is 5.91 Å². The molecule has 128 valence electrons. The molecule has 0 saturated carbocycles. The van der Waals surface area contributed by atoms with E-state index in [4.69, 9.17) is 16.3 Å². The van der Waals surface area contributed by atoms with Crippen LogP contribution in [0.25, 0.3) is 11.3 Å². The van der Waals surface area contributed by atoms with Crippen molar-refractivity contribution in [1.82, 2.24) is 9.88 Å². The van der Waals surface area contributed by atoms with Gasteiger partial charge in [0.1, 0.15) is 0 Å². The number of amides is 1. The molecule has 2 aromatic rings. The summed E-state index contributed by atoms with van der Waals surface area (Å²) in [6, 6.07) is 7.59. The third-order valence-corrected chi connectivity index (χ3v) is 5.30. The highest BCUT2D eigenvalue weighted by Gasteiger charge is 2.18. The van der Waals surface area contributed by atoms with Gasteiger partial charge in [-0.1, -0.05) is 29.8 Å². The van der Waals surface area contributed by atoms with Gasteiger partial charge < -0.3 is 4.74 Å². The van der Waals surface area contributed by atoms with Gasteiger partial charge in [-0.05, 0) is 6.07 Å². The molecule has 7 heteroatoms. The number of morpholine rings is 1. The summed E-state index contributed by atoms with van der Waals surface area (Å²) in [6.07, 6.45) is 0.484. The van der Waals surface area contributed by atoms with Gasteiger partial charge in [-0.3, -0.25) is 14.6 Å². The van der Waals surface area contributed by atoms with Crippen LogP contribution in [0.4, 0.5) is 5.13 Å². The van der Waals surface area contributed by atoms with Gasteiger partial charge in [-0.25, -0.2) is 4.98 Å². The van der Waals surface area contributed by atoms with Crippen LogP contribution in [0.5, 0.6) is 0 Å². The zero-order valence-corrected chi connectivity index (χ0v) is 15.1. The fraction of sp³-hybridized carbons (Fsp3) is 0.412. The summed E-state index contributed by atoms with van der Waals surface area (Å²) < 4.78 is 5.32. The number of aromatic nitrogens is 1. The fourth-order valence-corrected chi connectivity index (χ4v) is 3.60. The summed E-state index contributed by atoms with van der Waals surface area (Å²) in [7, 11) is 1.77. The van der Waals surface area contributed by atoms with Crippen LogP contribution in [0.2, 0.25) is 5.02 Å². The van der Waals surface area contributed by atoms with E-state index in [-0.39, 0.29) is 5.91 Å². The van der Waals surface area contributed by atoms with Gasteiger partial charge in [0, 0.05) is 49.1 Å². The Hall–Kier alpha value is -1.47. The maximum absolute atomic E-state index is 12.4. The lowest BCUT2D eigenvalue weighted by Gasteiger charge is -2.26. The average Bonchev–Trinajstić information content (AvgIpc) is 3.10. The monoisotopic (exact) mass is 365 g/mol. The lowest BCUT2D eigenvalue weighted by molar-refractivity contribution is -0.118. The highest BCUT2D eigenvalue weighted by molar-refractivity contribution is 7.14. The Kier molecular flexibility index (Phi) is 5.84. The van der Waals surface area contributed by atoms with E-state index in [1.54, 1.807) is 11.9 Å². The third kappa shape index (κ3) is 4.13. The molecular weight excluding hydrogens is 346 g/mol. The number of thiazole rings is 1. The molecule has 1 amide bonds. The van der Waals surface area contributed by atoms with E-state index in [1.807, 2.05) is 29.6 Å². The molecule has 24 heavy (non-hydrogen) atoms. The minimum atomic E-state index is 0.0709. The van der Waals surface area contributed by atoms with Gasteiger partial charge in [0.15, 0.2) is 5.13 Å². The molecular formula is C17H20ClN3O2S. The van der Waals surface area contributed by atoms with Gasteiger partial charge in [-0.2, -0.15) is 0 Å². The zero-order chi connectivity index (χ0) is 16.9. The SMILES string of the molecule is CN(C(=O)CCN1CCOCC1)c1nc(-c2ccccc2Cl)cs1. The van der Waals surface area contributed by atoms with Crippen molar-refractivity contribution >= 4 is 34.0 Å². The predicted octanol–water partition coefficient (Wildman–Crippen LogP) is 3.15. The van der Waals surface area contributed by atoms with E-state index in [0.29, 0.717) is 16.6 Å². The number of ether oxygens (including phenoxy) is 1. The Bertz CT molecular complexity index is 701. The van der Waals surface area contributed by atoms with Crippen molar-refractivity contribution in [3.8, 4) is 11.3 Å². The van der Waals surface area contributed by atoms with E-state index in [0.717, 1.165) is 44.1 Å². The van der Waals surface area contributed by atoms with Crippen LogP contribution in [0.15, 0.2) is 29.6 Å². The molecule has 0 atom stereocenters. The summed E-state index contributed by atoms with van der Waals surface area (Å²) in [5.74, 6) is 0.0709. The van der Waals surface area contributed by atoms with Gasteiger partial charge in [-0.15, -0.1) is 11.3 Å². The molecule has 0 radical (unpaired) electrons. The van der Waals surface area contributed by atoms with E-state index < -0.39 is 0 Å². The topological polar surface area (TPSA) is 45.7 Å². The molecule has 1 aromatic heterocycles. The Labute approximate surface area is 150 Å². The molecule has 1 fully saturated rings. The summed E-state index contributed by atoms with van der Waals surface area (Å²) in [4.78, 5) is 20.9. The van der Waals surface area contributed by atoms with Crippen molar-refractivity contribution in [2.24, 2.45) is 0 Å². The first kappa shape index (κ1) is 17.4. The van der Waals surface area contributed by atoms with Crippen molar-refractivity contribution in [2.75, 3.05) is 44.8 Å². The van der Waals surface area contributed by atoms with Crippen LogP contribution in [-0.2, 0) is 9.53 Å². The molecule has 0 N–H and O–H groups in total. The molecule has 0 unspecified atom stereocenters. The highest BCUT2D eigenvalue weighted by atomic mass is 35.5. The zero-order valence-electron chi connectivity index (χ0n) is 13.6. The van der Waals surface area contributed by atoms with Gasteiger partial charge in [0.25, 0.3) is 0 Å². The fourth-order valence-electron chi connectivity index (χ4n) is 2.56. The molecule has 1 saturated heterocycles. The largest absolute Gasteiger partial charge is 0.379 e. The number of hydrogen-bond acceptors (Lipinski definition) is 5. The smallest absolute Gasteiger partial charge is 0.229 e. The minimum Gasteiger partial charge on any atom is -0.379 e. The van der Waals surface area contributed by atoms with E-state index in [2.05, 4.69) is 9.88 Å². The molecule has 1 aliphatic heterocycles. The molecule has 0 aliphatic carbocycles. The number of hydrogen-bond donors (Lipinski definition) is 0. The lowest BCUT2D eigenvalue weighted by Crippen LogP contribution is -2.39. The number of nitrogens with zero attached hydrogens (tertiary/aromatic N) is 3. The number of anilines is 1. The summed E-state index contributed by atoms with van der Waals surface area (Å²) in [6.45, 7) is 4.04. The Balaban J connectivity index is 1.61. The molecule has 2 heterocycles. The summed E-state index contributed by atoms with van der Waals surface area (Å²) in [5, 5.41) is 3.29. The Morgan fingerprint density at radius 2 is 2.12 bits per heavy atom. The Morgan fingerprint density at radius 3 is 2.88 bits per heavy atom. The molecule has 5 nitrogen and oxygen atoms in total. The quantitative estimate of drug-likeness (QED) is 0.816. The number of rotatable bonds is 5. The standard InChI is InChI=1S/C17H20ClN3O2S/c1-20(16(22)6-7-21-8-10-23-11-9-21)17-19-15(12-24-17)13-4-2-3-5-14(13)18/h2-5,12H,6-11H2,1H3. The van der Waals surface area contributed by atoms with Crippen LogP contribution in [0.1, 0.15) is 6.42 Å². The highest BCUT2D eigenvalue weighted by Crippen LogP contribution is 2.31. The Morgan fingerprint density at radius 1 is 1.38 bits per heavy atom. The second-order valence-corrected chi connectivity index (χ2v) is 6.90. The van der Waals surface area contributed by atoms with Crippen LogP contribution < -0.4 is 4.90 Å². The third-order valence-electron chi connectivity index (χ3n) is 4.05. The van der Waals surface area contributed by atoms with E-state index in [9.17, 15) is 4.79 Å². The maximum atomic E-state index is 12.4. The first-order valence-electron chi connectivity index (χ1n) is 7.92. The van der Waals surface area contributed by atoms with Crippen LogP contribution in [-0.4, -0.2) is 55.7 Å². The van der Waals surface area contributed by atoms with Crippen molar-refractivity contribution in [1.29, 1.82) is 0 Å². The number of carbonyl (C=O) groups is 1. The number of benzene rings is 1. The van der Waals surface area contributed by atoms with Crippen LogP contribution in [0, 0.1) is 0 Å². The molecule has 0 spiro atoms. The lowest BCUT2D eigenvalue weighted by atomic mass is 10.2. The van der Waals surface area contributed by atoms with Crippen molar-refractivity contribution in [3.63, 3.8) is 0 Å². The normalized spacial score (nSPS) is 15.4. The van der Waals surface area contributed by atoms with Crippen molar-refractivity contribution in [2.45, 2.75) is 6.42 Å². The van der Waals surface area contributed by atoms with E-state index in [1.165, 1.54) is 11.3 Å². The second kappa shape index (κ2) is 8.07. The minimum absolute atomic E-state index is 0.0709. The first-order valence-corrected chi connectivity index (χ1v) is 9.18. The first-order chi connectivity index (χ1) is 11.6. The van der Waals surface area contributed by atoms with Gasteiger partial charge >= 0.3 is 0 Å². The number of halogens is 1. The van der Waals surface area contributed by atoms with Crippen LogP contribution >= 0.6 is 22.9 Å². The molecule has 3 rings (SSSR count). The van der Waals surface area contributed by atoms with Gasteiger partial charge in [0.05, 0.1) is 18.9 Å². The molecule has 1 aromatic carbocycles. The summed E-state index contributed by atoms with van der Waals surface area (Å²) in [5.41, 5.74) is 1.68. The average molecular weight is 366 g/mol. The van der Waals surface area contributed by atoms with Crippen molar-refractivity contribution < 1.29 is 9.53 Å². The van der Waals surface area contributed by atoms with E-state index >= 15 is 0 Å². The molecule has 0 bridgehead atoms. The maximum Gasteiger partial charge on any atom is 0.229 e. The second-order valence-electron chi connectivity index (χ2n) is 5.65. The predicted molar refractivity (Wildman–Crippen MR) is 97.8 cm³/mol. The molecule has 1 aliphatic rings. The summed E-state index contributed by atoms with van der Waals surface area (Å²) >= 11 is 7.67. The van der Waals surface area contributed by atoms with Crippen LogP contribution in [0.3, 0.4) is 0 Å². The number of carbonyl (C=O) groups excluding carboxylic acids is 1. The van der Waals surface area contributed by atoms with Crippen molar-refractivity contribution in [3.05, 3.63) is 34.7 Å².